The van der Waals surface area contributed by atoms with Crippen molar-refractivity contribution in [2.45, 2.75) is 5.41 Å². The van der Waals surface area contributed by atoms with Gasteiger partial charge >= 0.3 is 0 Å². The molecule has 0 bridgehead atoms. The first-order valence-electron chi connectivity index (χ1n) is 20.9. The van der Waals surface area contributed by atoms with E-state index in [-0.39, 0.29) is 0 Å². The minimum Gasteiger partial charge on any atom is -0.228 e. The molecule has 0 aliphatic heterocycles. The number of rotatable bonds is 8. The van der Waals surface area contributed by atoms with Gasteiger partial charge in [0, 0.05) is 16.7 Å². The molecule has 1 aliphatic rings. The van der Waals surface area contributed by atoms with E-state index in [0.717, 1.165) is 33.6 Å². The largest absolute Gasteiger partial charge is 0.228 e. The predicted molar refractivity (Wildman–Crippen MR) is 252 cm³/mol. The molecule has 1 aromatic heterocycles. The Morgan fingerprint density at radius 3 is 1.33 bits per heavy atom. The summed E-state index contributed by atoms with van der Waals surface area (Å²) < 4.78 is 0. The maximum atomic E-state index is 5.14. The van der Waals surface area contributed by atoms with Crippen LogP contribution in [0.1, 0.15) is 22.3 Å². The second-order valence-electron chi connectivity index (χ2n) is 15.7. The zero-order valence-electron chi connectivity index (χ0n) is 33.5. The Morgan fingerprint density at radius 1 is 0.246 bits per heavy atom. The Hall–Kier alpha value is -7.94. The van der Waals surface area contributed by atoms with Crippen molar-refractivity contribution in [3.63, 3.8) is 0 Å². The van der Waals surface area contributed by atoms with Crippen LogP contribution in [-0.2, 0) is 5.41 Å². The third kappa shape index (κ3) is 6.37. The van der Waals surface area contributed by atoms with E-state index in [1.807, 2.05) is 24.3 Å². The van der Waals surface area contributed by atoms with E-state index in [1.54, 1.807) is 0 Å². The van der Waals surface area contributed by atoms with Crippen LogP contribution in [0.15, 0.2) is 243 Å². The highest BCUT2D eigenvalue weighted by Gasteiger charge is 2.46. The van der Waals surface area contributed by atoms with E-state index < -0.39 is 5.41 Å². The van der Waals surface area contributed by atoms with Gasteiger partial charge in [0.05, 0.1) is 16.8 Å². The Labute approximate surface area is 357 Å². The van der Waals surface area contributed by atoms with Crippen LogP contribution in [-0.4, -0.2) is 9.97 Å². The molecule has 11 rings (SSSR count). The van der Waals surface area contributed by atoms with Crippen molar-refractivity contribution in [1.82, 2.24) is 9.97 Å². The highest BCUT2D eigenvalue weighted by atomic mass is 14.9. The molecule has 0 radical (unpaired) electrons. The van der Waals surface area contributed by atoms with Gasteiger partial charge in [-0.2, -0.15) is 0 Å². The lowest BCUT2D eigenvalue weighted by Crippen LogP contribution is -2.28. The second kappa shape index (κ2) is 15.3. The Bertz CT molecular complexity index is 3040. The van der Waals surface area contributed by atoms with Gasteiger partial charge in [0.25, 0.3) is 0 Å². The van der Waals surface area contributed by atoms with E-state index >= 15 is 0 Å². The van der Waals surface area contributed by atoms with Crippen molar-refractivity contribution in [3.05, 3.63) is 265 Å². The standard InChI is InChI=1S/C59H40N2/c1-6-19-41(20-7-1)46-25-18-26-47(37-46)52-39-55-53(50-31-16-17-32-54(50)59(55,48-27-12-4-13-28-48)49-29-14-5-15-30-49)38-51(52)42-33-35-44(36-34-42)57-40-56(43-21-8-2-9-22-43)60-58(61-57)45-23-10-3-11-24-45/h1-40H. The van der Waals surface area contributed by atoms with Gasteiger partial charge in [-0.25, -0.2) is 9.97 Å². The molecule has 0 saturated heterocycles. The zero-order valence-corrected chi connectivity index (χ0v) is 33.5. The van der Waals surface area contributed by atoms with Crippen molar-refractivity contribution < 1.29 is 0 Å². The molecule has 1 aliphatic carbocycles. The molecule has 2 heteroatoms. The molecule has 0 spiro atoms. The fraction of sp³-hybridized carbons (Fsp3) is 0.0169. The molecule has 10 aromatic rings. The van der Waals surface area contributed by atoms with Gasteiger partial charge in [0.2, 0.25) is 0 Å². The average Bonchev–Trinajstić information content (AvgIpc) is 3.65. The molecule has 0 N–H and O–H groups in total. The van der Waals surface area contributed by atoms with Crippen LogP contribution in [0.5, 0.6) is 0 Å². The van der Waals surface area contributed by atoms with Crippen molar-refractivity contribution in [1.29, 1.82) is 0 Å². The van der Waals surface area contributed by atoms with Gasteiger partial charge in [-0.15, -0.1) is 0 Å². The number of fused-ring (bicyclic) bond motifs is 3. The first kappa shape index (κ1) is 36.2. The van der Waals surface area contributed by atoms with Crippen molar-refractivity contribution in [3.8, 4) is 78.4 Å². The number of hydrogen-bond donors (Lipinski definition) is 0. The van der Waals surface area contributed by atoms with Crippen molar-refractivity contribution in [2.75, 3.05) is 0 Å². The third-order valence-electron chi connectivity index (χ3n) is 12.2. The summed E-state index contributed by atoms with van der Waals surface area (Å²) in [6.07, 6.45) is 0. The summed E-state index contributed by atoms with van der Waals surface area (Å²) in [6.45, 7) is 0. The van der Waals surface area contributed by atoms with E-state index in [0.29, 0.717) is 5.82 Å². The minimum absolute atomic E-state index is 0.511. The third-order valence-corrected chi connectivity index (χ3v) is 12.2. The molecule has 0 unspecified atom stereocenters. The van der Waals surface area contributed by atoms with Crippen molar-refractivity contribution >= 4 is 0 Å². The predicted octanol–water partition coefficient (Wildman–Crippen LogP) is 14.8. The van der Waals surface area contributed by atoms with Gasteiger partial charge in [0.15, 0.2) is 5.82 Å². The van der Waals surface area contributed by atoms with Crippen LogP contribution in [0.2, 0.25) is 0 Å². The summed E-state index contributed by atoms with van der Waals surface area (Å²) in [5.74, 6) is 0.708. The summed E-state index contributed by atoms with van der Waals surface area (Å²) in [6, 6.07) is 87.4. The van der Waals surface area contributed by atoms with E-state index in [4.69, 9.17) is 9.97 Å². The van der Waals surface area contributed by atoms with Gasteiger partial charge in [-0.1, -0.05) is 218 Å². The molecule has 286 valence electrons. The van der Waals surface area contributed by atoms with Crippen LogP contribution in [0.4, 0.5) is 0 Å². The first-order valence-corrected chi connectivity index (χ1v) is 20.9. The molecule has 0 atom stereocenters. The molecular formula is C59H40N2. The Morgan fingerprint density at radius 2 is 0.705 bits per heavy atom. The fourth-order valence-electron chi connectivity index (χ4n) is 9.35. The van der Waals surface area contributed by atoms with E-state index in [9.17, 15) is 0 Å². The van der Waals surface area contributed by atoms with Crippen LogP contribution in [0.3, 0.4) is 0 Å². The van der Waals surface area contributed by atoms with Crippen LogP contribution in [0.25, 0.3) is 78.4 Å². The van der Waals surface area contributed by atoms with Crippen molar-refractivity contribution in [2.24, 2.45) is 0 Å². The summed E-state index contributed by atoms with van der Waals surface area (Å²) in [4.78, 5) is 10.2. The Balaban J connectivity index is 1.13. The number of hydrogen-bond acceptors (Lipinski definition) is 2. The minimum atomic E-state index is -0.511. The lowest BCUT2D eigenvalue weighted by Gasteiger charge is -2.34. The number of nitrogens with zero attached hydrogens (tertiary/aromatic N) is 2. The lowest BCUT2D eigenvalue weighted by atomic mass is 9.67. The highest BCUT2D eigenvalue weighted by Crippen LogP contribution is 2.58. The zero-order chi connectivity index (χ0) is 40.6. The van der Waals surface area contributed by atoms with E-state index in [2.05, 4.69) is 218 Å². The summed E-state index contributed by atoms with van der Waals surface area (Å²) in [5.41, 5.74) is 19.0. The smallest absolute Gasteiger partial charge is 0.160 e. The molecule has 9 aromatic carbocycles. The average molecular weight is 777 g/mol. The lowest BCUT2D eigenvalue weighted by molar-refractivity contribution is 0.769. The maximum Gasteiger partial charge on any atom is 0.160 e. The fourth-order valence-corrected chi connectivity index (χ4v) is 9.35. The SMILES string of the molecule is c1ccc(-c2cccc(-c3cc4c(cc3-c3ccc(-c5cc(-c6ccccc6)nc(-c6ccccc6)n5)cc3)-c3ccccc3C4(c3ccccc3)c3ccccc3)c2)cc1. The maximum absolute atomic E-state index is 5.14. The summed E-state index contributed by atoms with van der Waals surface area (Å²) in [5, 5.41) is 0. The molecule has 61 heavy (non-hydrogen) atoms. The highest BCUT2D eigenvalue weighted by molar-refractivity contribution is 5.95. The van der Waals surface area contributed by atoms with Crippen LogP contribution in [0, 0.1) is 0 Å². The van der Waals surface area contributed by atoms with Gasteiger partial charge in [-0.3, -0.25) is 0 Å². The quantitative estimate of drug-likeness (QED) is 0.154. The molecule has 1 heterocycles. The normalized spacial score (nSPS) is 12.4. The Kier molecular flexibility index (Phi) is 9.09. The van der Waals surface area contributed by atoms with Crippen LogP contribution >= 0.6 is 0 Å². The van der Waals surface area contributed by atoms with Gasteiger partial charge in [-0.05, 0) is 91.0 Å². The van der Waals surface area contributed by atoms with Gasteiger partial charge < -0.3 is 0 Å². The molecule has 2 nitrogen and oxygen atoms in total. The topological polar surface area (TPSA) is 25.8 Å². The first-order chi connectivity index (χ1) is 30.2. The molecule has 0 amide bonds. The number of benzene rings is 9. The number of aromatic nitrogens is 2. The molecule has 0 fully saturated rings. The summed E-state index contributed by atoms with van der Waals surface area (Å²) in [7, 11) is 0. The molecule has 0 saturated carbocycles. The van der Waals surface area contributed by atoms with Crippen LogP contribution < -0.4 is 0 Å². The second-order valence-corrected chi connectivity index (χ2v) is 15.7. The summed E-state index contributed by atoms with van der Waals surface area (Å²) >= 11 is 0. The molecular weight excluding hydrogens is 737 g/mol. The van der Waals surface area contributed by atoms with Gasteiger partial charge in [0.1, 0.15) is 0 Å². The van der Waals surface area contributed by atoms with E-state index in [1.165, 1.54) is 61.2 Å². The monoisotopic (exact) mass is 776 g/mol.